The van der Waals surface area contributed by atoms with Crippen molar-refractivity contribution in [3.05, 3.63) is 41.0 Å². The van der Waals surface area contributed by atoms with Crippen LogP contribution in [0.25, 0.3) is 10.8 Å². The predicted octanol–water partition coefficient (Wildman–Crippen LogP) is 2.83. The van der Waals surface area contributed by atoms with Crippen molar-refractivity contribution in [1.82, 2.24) is 15.2 Å². The quantitative estimate of drug-likeness (QED) is 0.773. The Morgan fingerprint density at radius 3 is 2.74 bits per heavy atom. The van der Waals surface area contributed by atoms with Crippen LogP contribution in [-0.2, 0) is 4.79 Å². The summed E-state index contributed by atoms with van der Waals surface area (Å²) < 4.78 is 10.8. The third-order valence-electron chi connectivity index (χ3n) is 2.88. The highest BCUT2D eigenvalue weighted by Gasteiger charge is 2.16. The average Bonchev–Trinajstić information content (AvgIpc) is 3.12. The van der Waals surface area contributed by atoms with Gasteiger partial charge in [0.05, 0.1) is 10.7 Å². The average molecular weight is 330 g/mol. The minimum atomic E-state index is -0.374. The molecule has 8 heteroatoms. The van der Waals surface area contributed by atoms with Gasteiger partial charge in [-0.3, -0.25) is 10.1 Å². The lowest BCUT2D eigenvalue weighted by Gasteiger charge is -2.04. The summed E-state index contributed by atoms with van der Waals surface area (Å²) in [5.41, 5.74) is 0.821. The SMILES string of the molecule is Cc1nc(C)c(-c2nnc(NC(=O)COc3ccccc3)o2)s1. The van der Waals surface area contributed by atoms with E-state index in [2.05, 4.69) is 20.5 Å². The number of thiazole rings is 1. The van der Waals surface area contributed by atoms with Gasteiger partial charge in [-0.05, 0) is 26.0 Å². The molecule has 3 aromatic rings. The first-order chi connectivity index (χ1) is 11.1. The van der Waals surface area contributed by atoms with E-state index in [9.17, 15) is 4.79 Å². The van der Waals surface area contributed by atoms with Crippen LogP contribution in [0.2, 0.25) is 0 Å². The van der Waals surface area contributed by atoms with Gasteiger partial charge in [0.1, 0.15) is 10.6 Å². The number of benzene rings is 1. The first kappa shape index (κ1) is 15.2. The molecule has 1 N–H and O–H groups in total. The van der Waals surface area contributed by atoms with Crippen molar-refractivity contribution in [2.24, 2.45) is 0 Å². The van der Waals surface area contributed by atoms with E-state index in [4.69, 9.17) is 9.15 Å². The monoisotopic (exact) mass is 330 g/mol. The van der Waals surface area contributed by atoms with E-state index < -0.39 is 0 Å². The number of amides is 1. The van der Waals surface area contributed by atoms with Crippen LogP contribution in [0, 0.1) is 13.8 Å². The molecule has 1 amide bonds. The summed E-state index contributed by atoms with van der Waals surface area (Å²) in [4.78, 5) is 16.9. The van der Waals surface area contributed by atoms with Crippen LogP contribution in [0.1, 0.15) is 10.7 Å². The molecule has 1 aromatic carbocycles. The van der Waals surface area contributed by atoms with Gasteiger partial charge in [0.2, 0.25) is 0 Å². The maximum absolute atomic E-state index is 11.8. The lowest BCUT2D eigenvalue weighted by Crippen LogP contribution is -2.20. The number of aryl methyl sites for hydroxylation is 2. The zero-order valence-corrected chi connectivity index (χ0v) is 13.4. The number of carbonyl (C=O) groups excluding carboxylic acids is 1. The number of anilines is 1. The number of hydrogen-bond donors (Lipinski definition) is 1. The highest BCUT2D eigenvalue weighted by molar-refractivity contribution is 7.15. The molecule has 0 spiro atoms. The third-order valence-corrected chi connectivity index (χ3v) is 3.94. The summed E-state index contributed by atoms with van der Waals surface area (Å²) in [6.07, 6.45) is 0. The molecule has 0 saturated carbocycles. The van der Waals surface area contributed by atoms with Crippen LogP contribution >= 0.6 is 11.3 Å². The van der Waals surface area contributed by atoms with Gasteiger partial charge in [0.15, 0.2) is 6.61 Å². The Morgan fingerprint density at radius 1 is 1.26 bits per heavy atom. The number of rotatable bonds is 5. The van der Waals surface area contributed by atoms with Crippen LogP contribution in [0.4, 0.5) is 6.01 Å². The molecule has 0 bridgehead atoms. The summed E-state index contributed by atoms with van der Waals surface area (Å²) >= 11 is 1.46. The van der Waals surface area contributed by atoms with Gasteiger partial charge in [-0.25, -0.2) is 4.98 Å². The molecule has 0 fully saturated rings. The van der Waals surface area contributed by atoms with Gasteiger partial charge >= 0.3 is 6.01 Å². The molecule has 7 nitrogen and oxygen atoms in total. The van der Waals surface area contributed by atoms with E-state index in [1.54, 1.807) is 12.1 Å². The van der Waals surface area contributed by atoms with E-state index in [0.717, 1.165) is 15.6 Å². The molecule has 0 saturated heterocycles. The van der Waals surface area contributed by atoms with Crippen molar-refractivity contribution in [2.75, 3.05) is 11.9 Å². The third kappa shape index (κ3) is 3.72. The molecule has 118 valence electrons. The highest BCUT2D eigenvalue weighted by Crippen LogP contribution is 2.29. The molecule has 0 aliphatic rings. The number of para-hydroxylation sites is 1. The van der Waals surface area contributed by atoms with Crippen molar-refractivity contribution in [1.29, 1.82) is 0 Å². The van der Waals surface area contributed by atoms with Crippen LogP contribution in [0.3, 0.4) is 0 Å². The molecule has 23 heavy (non-hydrogen) atoms. The lowest BCUT2D eigenvalue weighted by molar-refractivity contribution is -0.118. The smallest absolute Gasteiger partial charge is 0.322 e. The molecule has 0 unspecified atom stereocenters. The second-order valence-corrected chi connectivity index (χ2v) is 5.91. The summed E-state index contributed by atoms with van der Waals surface area (Å²) in [5.74, 6) is 0.582. The Balaban J connectivity index is 1.60. The number of carbonyl (C=O) groups is 1. The van der Waals surface area contributed by atoms with Gasteiger partial charge in [-0.15, -0.1) is 16.4 Å². The number of nitrogens with one attached hydrogen (secondary N) is 1. The first-order valence-electron chi connectivity index (χ1n) is 6.87. The Bertz CT molecular complexity index is 813. The molecule has 0 aliphatic heterocycles. The molecule has 2 heterocycles. The fraction of sp³-hybridized carbons (Fsp3) is 0.200. The van der Waals surface area contributed by atoms with Crippen LogP contribution in [0.5, 0.6) is 5.75 Å². The Labute approximate surface area is 136 Å². The Kier molecular flexibility index (Phi) is 4.33. The number of ether oxygens (including phenoxy) is 1. The fourth-order valence-corrected chi connectivity index (χ4v) is 2.76. The van der Waals surface area contributed by atoms with Gasteiger partial charge in [0, 0.05) is 0 Å². The van der Waals surface area contributed by atoms with Gasteiger partial charge in [-0.2, -0.15) is 0 Å². The summed E-state index contributed by atoms with van der Waals surface area (Å²) in [6, 6.07) is 9.11. The normalized spacial score (nSPS) is 10.5. The molecular formula is C15H14N4O3S. The van der Waals surface area contributed by atoms with Gasteiger partial charge < -0.3 is 9.15 Å². The van der Waals surface area contributed by atoms with Crippen molar-refractivity contribution < 1.29 is 13.9 Å². The molecule has 0 atom stereocenters. The second kappa shape index (κ2) is 6.57. The van der Waals surface area contributed by atoms with E-state index in [0.29, 0.717) is 11.6 Å². The van der Waals surface area contributed by atoms with E-state index in [1.807, 2.05) is 32.0 Å². The maximum Gasteiger partial charge on any atom is 0.322 e. The van der Waals surface area contributed by atoms with Crippen molar-refractivity contribution in [2.45, 2.75) is 13.8 Å². The minimum absolute atomic E-state index is 0.0344. The fourth-order valence-electron chi connectivity index (χ4n) is 1.92. The van der Waals surface area contributed by atoms with Gasteiger partial charge in [0.25, 0.3) is 11.8 Å². The molecule has 0 radical (unpaired) electrons. The second-order valence-electron chi connectivity index (χ2n) is 4.71. The summed E-state index contributed by atoms with van der Waals surface area (Å²) in [7, 11) is 0. The lowest BCUT2D eigenvalue weighted by atomic mass is 10.3. The Hall–Kier alpha value is -2.74. The highest BCUT2D eigenvalue weighted by atomic mass is 32.1. The standard InChI is InChI=1S/C15H14N4O3S/c1-9-13(23-10(2)16-9)14-18-19-15(22-14)17-12(20)8-21-11-6-4-3-5-7-11/h3-7H,8H2,1-2H3,(H,17,19,20). The summed E-state index contributed by atoms with van der Waals surface area (Å²) in [5, 5.41) is 11.2. The van der Waals surface area contributed by atoms with Crippen molar-refractivity contribution in [3.8, 4) is 16.5 Å². The summed E-state index contributed by atoms with van der Waals surface area (Å²) in [6.45, 7) is 3.64. The molecule has 2 aromatic heterocycles. The van der Waals surface area contributed by atoms with Crippen LogP contribution in [-0.4, -0.2) is 27.7 Å². The Morgan fingerprint density at radius 2 is 2.04 bits per heavy atom. The number of hydrogen-bond acceptors (Lipinski definition) is 7. The number of aromatic nitrogens is 3. The predicted molar refractivity (Wildman–Crippen MR) is 85.4 cm³/mol. The van der Waals surface area contributed by atoms with E-state index in [1.165, 1.54) is 11.3 Å². The van der Waals surface area contributed by atoms with Gasteiger partial charge in [-0.1, -0.05) is 23.3 Å². The number of nitrogens with zero attached hydrogens (tertiary/aromatic N) is 3. The van der Waals surface area contributed by atoms with Crippen molar-refractivity contribution >= 4 is 23.3 Å². The zero-order chi connectivity index (χ0) is 16.2. The van der Waals surface area contributed by atoms with Crippen molar-refractivity contribution in [3.63, 3.8) is 0 Å². The van der Waals surface area contributed by atoms with Crippen LogP contribution in [0.15, 0.2) is 34.7 Å². The largest absolute Gasteiger partial charge is 0.484 e. The zero-order valence-electron chi connectivity index (χ0n) is 12.6. The molecule has 3 rings (SSSR count). The maximum atomic E-state index is 11.8. The van der Waals surface area contributed by atoms with E-state index in [-0.39, 0.29) is 18.5 Å². The molecular weight excluding hydrogens is 316 g/mol. The van der Waals surface area contributed by atoms with E-state index >= 15 is 0 Å². The minimum Gasteiger partial charge on any atom is -0.484 e. The first-order valence-corrected chi connectivity index (χ1v) is 7.69. The topological polar surface area (TPSA) is 90.1 Å². The molecule has 0 aliphatic carbocycles. The van der Waals surface area contributed by atoms with Crippen LogP contribution < -0.4 is 10.1 Å².